The van der Waals surface area contributed by atoms with Crippen LogP contribution in [0.25, 0.3) is 111 Å². The molecule has 0 unspecified atom stereocenters. The quantitative estimate of drug-likeness (QED) is 0.146. The SMILES string of the molecule is Cc1cc(-c2ccc3c4ccc(-c5cc(C(F)(F)F)cc(C(F)(F)F)c5)cc4n(-c4cc(C)c(-c5cccc(C#N)c5)cc4-n4c5cc(-c6cc(C)cc(C(F)(F)F)c6)ccc5c5ccc(-c6cc(C)cc(C(F)(F)F)c6)cc54)c3c2)cc(C(F)(F)F)c1. The average Bonchev–Trinajstić information content (AvgIpc) is 1.56. The number of aryl methyl sites for hydroxylation is 4. The lowest BCUT2D eigenvalue weighted by Crippen LogP contribution is -2.11. The van der Waals surface area contributed by atoms with Crippen LogP contribution in [0.2, 0.25) is 0 Å². The van der Waals surface area contributed by atoms with Crippen molar-refractivity contribution < 1.29 is 65.9 Å². The summed E-state index contributed by atoms with van der Waals surface area (Å²) in [4.78, 5) is 0. The molecule has 0 radical (unpaired) electrons. The largest absolute Gasteiger partial charge is 0.416 e. The normalized spacial score (nSPS) is 12.7. The summed E-state index contributed by atoms with van der Waals surface area (Å²) < 4.78 is 221. The molecule has 0 saturated heterocycles. The first-order valence-electron chi connectivity index (χ1n) is 27.0. The maximum absolute atomic E-state index is 14.5. The van der Waals surface area contributed by atoms with Gasteiger partial charge in [0.15, 0.2) is 0 Å². The predicted octanol–water partition coefficient (Wildman–Crippen LogP) is 22.4. The summed E-state index contributed by atoms with van der Waals surface area (Å²) in [6.07, 6.45) is -24.7. The number of nitriles is 1. The first kappa shape index (κ1) is 58.6. The summed E-state index contributed by atoms with van der Waals surface area (Å²) in [5.74, 6) is 0. The fraction of sp³-hybridized carbons (Fsp3) is 0.129. The van der Waals surface area contributed by atoms with Crippen LogP contribution in [-0.4, -0.2) is 9.13 Å². The van der Waals surface area contributed by atoms with E-state index in [4.69, 9.17) is 0 Å². The van der Waals surface area contributed by atoms with Crippen LogP contribution in [0, 0.1) is 39.0 Å². The van der Waals surface area contributed by atoms with E-state index in [1.54, 1.807) is 119 Å². The molecular weight excluding hydrogens is 1170 g/mol. The molecule has 2 aromatic heterocycles. The van der Waals surface area contributed by atoms with Crippen molar-refractivity contribution >= 4 is 43.6 Å². The van der Waals surface area contributed by atoms with Crippen LogP contribution >= 0.6 is 0 Å². The molecule has 0 aliphatic carbocycles. The van der Waals surface area contributed by atoms with E-state index in [9.17, 15) is 71.1 Å². The minimum absolute atomic E-state index is 0.00387. The monoisotopic (exact) mass is 1210 g/mol. The van der Waals surface area contributed by atoms with E-state index in [0.717, 1.165) is 36.4 Å². The Morgan fingerprint density at radius 1 is 0.295 bits per heavy atom. The van der Waals surface area contributed by atoms with E-state index < -0.39 is 64.3 Å². The van der Waals surface area contributed by atoms with Gasteiger partial charge in [0.25, 0.3) is 0 Å². The average molecular weight is 1210 g/mol. The highest BCUT2D eigenvalue weighted by atomic mass is 19.4. The minimum atomic E-state index is -5.23. The third-order valence-corrected chi connectivity index (χ3v) is 15.8. The fourth-order valence-electron chi connectivity index (χ4n) is 11.8. The van der Waals surface area contributed by atoms with Crippen LogP contribution in [0.5, 0.6) is 0 Å². The van der Waals surface area contributed by atoms with E-state index in [-0.39, 0.29) is 78.5 Å². The van der Waals surface area contributed by atoms with Crippen molar-refractivity contribution in [1.29, 1.82) is 5.26 Å². The number of benzene rings is 10. The van der Waals surface area contributed by atoms with Gasteiger partial charge >= 0.3 is 30.9 Å². The van der Waals surface area contributed by atoms with Crippen molar-refractivity contribution in [2.24, 2.45) is 0 Å². The molecule has 3 nitrogen and oxygen atoms in total. The standard InChI is InChI=1S/C70H42F15N3/c1-36-16-46(24-50(19-36)66(71,72)73)41-8-12-55-56-15-11-44(49-27-53(69(80,81)82)33-54(28-49)70(83,84)85)32-61(56)87(60(55)29-41)64-22-39(4)59(45-7-5-6-40(23-45)35-86)34-65(64)88-62-30-42(47-17-37(2)20-51(25-47)67(74,75)76)9-13-57(62)58-14-10-43(31-63(58)88)48-18-38(3)21-52(26-48)68(77,78)79/h5-34H,1-4H3. The van der Waals surface area contributed by atoms with Crippen LogP contribution in [0.3, 0.4) is 0 Å². The van der Waals surface area contributed by atoms with Crippen LogP contribution in [0.15, 0.2) is 182 Å². The molecule has 0 fully saturated rings. The molecule has 0 aliphatic rings. The van der Waals surface area contributed by atoms with Crippen molar-refractivity contribution in [3.05, 3.63) is 238 Å². The number of nitrogens with zero attached hydrogens (tertiary/aromatic N) is 3. The molecule has 0 N–H and O–H groups in total. The number of hydrogen-bond acceptors (Lipinski definition) is 1. The zero-order valence-electron chi connectivity index (χ0n) is 46.3. The molecule has 18 heteroatoms. The topological polar surface area (TPSA) is 33.6 Å². The zero-order chi connectivity index (χ0) is 62.9. The van der Waals surface area contributed by atoms with Crippen molar-refractivity contribution in [2.75, 3.05) is 0 Å². The van der Waals surface area contributed by atoms with E-state index in [1.807, 2.05) is 0 Å². The Labute approximate surface area is 491 Å². The predicted molar refractivity (Wildman–Crippen MR) is 311 cm³/mol. The van der Waals surface area contributed by atoms with Crippen molar-refractivity contribution in [3.8, 4) is 73.1 Å². The maximum atomic E-state index is 14.5. The van der Waals surface area contributed by atoms with Gasteiger partial charge in [-0.25, -0.2) is 0 Å². The van der Waals surface area contributed by atoms with E-state index in [1.165, 1.54) is 45.0 Å². The second-order valence-electron chi connectivity index (χ2n) is 22.0. The molecule has 0 bridgehead atoms. The molecule has 2 heterocycles. The highest BCUT2D eigenvalue weighted by Crippen LogP contribution is 2.47. The molecule has 442 valence electrons. The third-order valence-electron chi connectivity index (χ3n) is 15.8. The Kier molecular flexibility index (Phi) is 13.8. The van der Waals surface area contributed by atoms with Gasteiger partial charge in [0, 0.05) is 21.5 Å². The number of rotatable bonds is 7. The molecule has 0 amide bonds. The van der Waals surface area contributed by atoms with Gasteiger partial charge in [0.2, 0.25) is 0 Å². The first-order chi connectivity index (χ1) is 41.3. The van der Waals surface area contributed by atoms with Crippen LogP contribution in [0.1, 0.15) is 55.6 Å². The zero-order valence-corrected chi connectivity index (χ0v) is 46.3. The van der Waals surface area contributed by atoms with Gasteiger partial charge in [-0.15, -0.1) is 0 Å². The number of hydrogen-bond donors (Lipinski definition) is 0. The maximum Gasteiger partial charge on any atom is 0.416 e. The summed E-state index contributed by atoms with van der Waals surface area (Å²) in [7, 11) is 0. The Morgan fingerprint density at radius 2 is 0.602 bits per heavy atom. The van der Waals surface area contributed by atoms with Crippen LogP contribution in [0.4, 0.5) is 65.9 Å². The molecule has 88 heavy (non-hydrogen) atoms. The highest BCUT2D eigenvalue weighted by Gasteiger charge is 2.38. The molecule has 10 aromatic carbocycles. The van der Waals surface area contributed by atoms with Gasteiger partial charge in [0.1, 0.15) is 0 Å². The lowest BCUT2D eigenvalue weighted by Gasteiger charge is -2.21. The lowest BCUT2D eigenvalue weighted by molar-refractivity contribution is -0.143. The molecule has 0 atom stereocenters. The molecular formula is C70H42F15N3. The molecule has 12 rings (SSSR count). The van der Waals surface area contributed by atoms with Crippen molar-refractivity contribution in [2.45, 2.75) is 58.6 Å². The van der Waals surface area contributed by atoms with E-state index in [2.05, 4.69) is 6.07 Å². The summed E-state index contributed by atoms with van der Waals surface area (Å²) in [6, 6.07) is 43.0. The van der Waals surface area contributed by atoms with Gasteiger partial charge < -0.3 is 9.13 Å². The number of aromatic nitrogens is 2. The van der Waals surface area contributed by atoms with Gasteiger partial charge in [0.05, 0.1) is 72.9 Å². The summed E-state index contributed by atoms with van der Waals surface area (Å²) >= 11 is 0. The van der Waals surface area contributed by atoms with Crippen LogP contribution in [-0.2, 0) is 30.9 Å². The fourth-order valence-corrected chi connectivity index (χ4v) is 11.8. The Morgan fingerprint density at radius 3 is 0.920 bits per heavy atom. The Hall–Kier alpha value is -9.76. The first-order valence-corrected chi connectivity index (χ1v) is 27.0. The van der Waals surface area contributed by atoms with E-state index >= 15 is 0 Å². The van der Waals surface area contributed by atoms with Crippen LogP contribution < -0.4 is 0 Å². The minimum Gasteiger partial charge on any atom is -0.307 e. The summed E-state index contributed by atoms with van der Waals surface area (Å²) in [5, 5.41) is 11.9. The summed E-state index contributed by atoms with van der Waals surface area (Å²) in [5.41, 5.74) is -0.996. The number of alkyl halides is 15. The van der Waals surface area contributed by atoms with Gasteiger partial charge in [-0.2, -0.15) is 71.1 Å². The molecule has 12 aromatic rings. The second-order valence-corrected chi connectivity index (χ2v) is 22.0. The second kappa shape index (κ2) is 20.7. The lowest BCUT2D eigenvalue weighted by atomic mass is 9.96. The Balaban J connectivity index is 1.26. The molecule has 0 saturated carbocycles. The molecule has 0 spiro atoms. The Bertz CT molecular complexity index is 4750. The van der Waals surface area contributed by atoms with E-state index in [0.29, 0.717) is 72.5 Å². The number of fused-ring (bicyclic) bond motifs is 6. The third kappa shape index (κ3) is 10.8. The summed E-state index contributed by atoms with van der Waals surface area (Å²) in [6.45, 7) is 6.24. The number of halogens is 15. The van der Waals surface area contributed by atoms with Gasteiger partial charge in [-0.1, -0.05) is 78.9 Å². The van der Waals surface area contributed by atoms with Gasteiger partial charge in [-0.3, -0.25) is 0 Å². The highest BCUT2D eigenvalue weighted by molar-refractivity contribution is 6.14. The molecule has 0 aliphatic heterocycles. The smallest absolute Gasteiger partial charge is 0.307 e. The van der Waals surface area contributed by atoms with Crippen molar-refractivity contribution in [3.63, 3.8) is 0 Å². The van der Waals surface area contributed by atoms with Gasteiger partial charge in [-0.05, 0) is 209 Å². The van der Waals surface area contributed by atoms with Crippen molar-refractivity contribution in [1.82, 2.24) is 9.13 Å².